The predicted molar refractivity (Wildman–Crippen MR) is 96.6 cm³/mol. The van der Waals surface area contributed by atoms with Crippen LogP contribution in [0.1, 0.15) is 18.4 Å². The fourth-order valence-corrected chi connectivity index (χ4v) is 5.58. The van der Waals surface area contributed by atoms with Crippen LogP contribution in [0.3, 0.4) is 0 Å². The number of carbonyl (C=O) groups excluding carboxylic acids is 2. The first-order chi connectivity index (χ1) is 12.5. The molecule has 1 aromatic rings. The van der Waals surface area contributed by atoms with Gasteiger partial charge in [0.25, 0.3) is 11.8 Å². The van der Waals surface area contributed by atoms with Crippen LogP contribution in [0.4, 0.5) is 0 Å². The molecule has 0 radical (unpaired) electrons. The Morgan fingerprint density at radius 1 is 1.23 bits per heavy atom. The number of imide groups is 1. The van der Waals surface area contributed by atoms with Gasteiger partial charge in [0.15, 0.2) is 11.5 Å². The molecule has 2 amide bonds. The first kappa shape index (κ1) is 16.1. The van der Waals surface area contributed by atoms with Crippen LogP contribution < -0.4 is 4.74 Å². The SMILES string of the molecule is COc1cc(/C=N\N2C(=O)[C@@H]3[C@H](C2=O)[C@@H]2C=C[C@@H]3C23CC3)cc(Br)c1O. The Balaban J connectivity index is 1.43. The molecule has 1 aliphatic heterocycles. The Hall–Kier alpha value is -2.15. The fourth-order valence-electron chi connectivity index (χ4n) is 5.12. The molecule has 2 saturated carbocycles. The van der Waals surface area contributed by atoms with Crippen LogP contribution in [-0.4, -0.2) is 35.3 Å². The Bertz CT molecular complexity index is 871. The summed E-state index contributed by atoms with van der Waals surface area (Å²) >= 11 is 3.25. The van der Waals surface area contributed by atoms with Gasteiger partial charge in [-0.3, -0.25) is 9.59 Å². The molecule has 0 aromatic heterocycles. The molecule has 3 fully saturated rings. The third kappa shape index (κ3) is 1.89. The smallest absolute Gasteiger partial charge is 0.254 e. The lowest BCUT2D eigenvalue weighted by molar-refractivity contribution is -0.141. The molecule has 1 N–H and O–H groups in total. The van der Waals surface area contributed by atoms with Crippen molar-refractivity contribution in [2.45, 2.75) is 12.8 Å². The zero-order chi connectivity index (χ0) is 18.2. The van der Waals surface area contributed by atoms with E-state index in [1.54, 1.807) is 12.1 Å². The van der Waals surface area contributed by atoms with E-state index in [1.165, 1.54) is 13.3 Å². The highest BCUT2D eigenvalue weighted by Gasteiger charge is 2.73. The van der Waals surface area contributed by atoms with Crippen molar-refractivity contribution in [2.75, 3.05) is 7.11 Å². The van der Waals surface area contributed by atoms with E-state index in [9.17, 15) is 14.7 Å². The van der Waals surface area contributed by atoms with E-state index in [4.69, 9.17) is 4.74 Å². The number of halogens is 1. The first-order valence-corrected chi connectivity index (χ1v) is 9.44. The summed E-state index contributed by atoms with van der Waals surface area (Å²) in [6, 6.07) is 3.25. The van der Waals surface area contributed by atoms with Gasteiger partial charge in [0.1, 0.15) is 0 Å². The number of phenolic OH excluding ortho intramolecular Hbond substituents is 1. The van der Waals surface area contributed by atoms with E-state index in [0.717, 1.165) is 17.9 Å². The van der Waals surface area contributed by atoms with E-state index < -0.39 is 0 Å². The van der Waals surface area contributed by atoms with E-state index >= 15 is 0 Å². The van der Waals surface area contributed by atoms with Gasteiger partial charge in [0.2, 0.25) is 0 Å². The van der Waals surface area contributed by atoms with E-state index in [-0.39, 0.29) is 52.4 Å². The van der Waals surface area contributed by atoms with Crippen molar-refractivity contribution in [3.63, 3.8) is 0 Å². The highest BCUT2D eigenvalue weighted by atomic mass is 79.9. The van der Waals surface area contributed by atoms with Gasteiger partial charge < -0.3 is 9.84 Å². The minimum Gasteiger partial charge on any atom is -0.503 e. The van der Waals surface area contributed by atoms with Crippen molar-refractivity contribution in [3.05, 3.63) is 34.3 Å². The first-order valence-electron chi connectivity index (χ1n) is 8.64. The molecule has 4 atom stereocenters. The molecule has 1 aromatic carbocycles. The zero-order valence-electron chi connectivity index (χ0n) is 14.1. The second-order valence-electron chi connectivity index (χ2n) is 7.51. The lowest BCUT2D eigenvalue weighted by atomic mass is 9.85. The van der Waals surface area contributed by atoms with E-state index in [0.29, 0.717) is 10.0 Å². The molecule has 1 spiro atoms. The van der Waals surface area contributed by atoms with Gasteiger partial charge in [0.05, 0.1) is 29.6 Å². The monoisotopic (exact) mass is 416 g/mol. The average molecular weight is 417 g/mol. The number of methoxy groups -OCH3 is 1. The lowest BCUT2D eigenvalue weighted by Crippen LogP contribution is -2.30. The maximum Gasteiger partial charge on any atom is 0.254 e. The number of aromatic hydroxyl groups is 1. The highest BCUT2D eigenvalue weighted by Crippen LogP contribution is 2.73. The summed E-state index contributed by atoms with van der Waals surface area (Å²) in [6.45, 7) is 0. The van der Waals surface area contributed by atoms with Gasteiger partial charge in [0, 0.05) is 0 Å². The van der Waals surface area contributed by atoms with Crippen molar-refractivity contribution in [3.8, 4) is 11.5 Å². The van der Waals surface area contributed by atoms with Crippen molar-refractivity contribution in [1.82, 2.24) is 5.01 Å². The van der Waals surface area contributed by atoms with Gasteiger partial charge >= 0.3 is 0 Å². The minimum absolute atomic E-state index is 0.00936. The van der Waals surface area contributed by atoms with E-state index in [2.05, 4.69) is 33.2 Å². The number of nitrogens with zero attached hydrogens (tertiary/aromatic N) is 2. The third-order valence-corrected chi connectivity index (χ3v) is 7.03. The van der Waals surface area contributed by atoms with Crippen LogP contribution in [0.25, 0.3) is 0 Å². The Morgan fingerprint density at radius 2 is 1.85 bits per heavy atom. The maximum absolute atomic E-state index is 12.9. The molecule has 134 valence electrons. The number of benzene rings is 1. The number of ether oxygens (including phenoxy) is 1. The second-order valence-corrected chi connectivity index (χ2v) is 8.36. The lowest BCUT2D eigenvalue weighted by Gasteiger charge is -2.18. The van der Waals surface area contributed by atoms with E-state index in [1.807, 2.05) is 0 Å². The number of hydrazone groups is 1. The summed E-state index contributed by atoms with van der Waals surface area (Å²) in [5, 5.41) is 15.1. The molecule has 0 unspecified atom stereocenters. The molecule has 2 bridgehead atoms. The molecule has 6 nitrogen and oxygen atoms in total. The summed E-state index contributed by atoms with van der Waals surface area (Å²) in [6.07, 6.45) is 7.96. The average Bonchev–Trinajstić information content (AvgIpc) is 3.23. The number of phenols is 1. The second kappa shape index (κ2) is 5.19. The minimum atomic E-state index is -0.252. The Kier molecular flexibility index (Phi) is 3.20. The van der Waals surface area contributed by atoms with Crippen LogP contribution in [-0.2, 0) is 9.59 Å². The molecule has 4 aliphatic rings. The summed E-state index contributed by atoms with van der Waals surface area (Å²) in [4.78, 5) is 25.7. The number of hydrogen-bond acceptors (Lipinski definition) is 5. The number of hydrogen-bond donors (Lipinski definition) is 1. The van der Waals surface area contributed by atoms with Gasteiger partial charge in [-0.2, -0.15) is 10.1 Å². The third-order valence-electron chi connectivity index (χ3n) is 6.42. The number of carbonyl (C=O) groups is 2. The molecule has 26 heavy (non-hydrogen) atoms. The van der Waals surface area contributed by atoms with Gasteiger partial charge in [-0.1, -0.05) is 12.2 Å². The predicted octanol–water partition coefficient (Wildman–Crippen LogP) is 2.69. The molecular weight excluding hydrogens is 400 g/mol. The molecule has 3 aliphatic carbocycles. The fraction of sp³-hybridized carbons (Fsp3) is 0.421. The van der Waals surface area contributed by atoms with Crippen LogP contribution >= 0.6 is 15.9 Å². The molecular formula is C19H17BrN2O4. The van der Waals surface area contributed by atoms with Crippen LogP contribution in [0.15, 0.2) is 33.9 Å². The van der Waals surface area contributed by atoms with Crippen molar-refractivity contribution >= 4 is 34.0 Å². The van der Waals surface area contributed by atoms with Crippen LogP contribution in [0.2, 0.25) is 0 Å². The molecule has 1 heterocycles. The Morgan fingerprint density at radius 3 is 2.38 bits per heavy atom. The quantitative estimate of drug-likeness (QED) is 0.466. The maximum atomic E-state index is 12.9. The topological polar surface area (TPSA) is 79.2 Å². The normalized spacial score (nSPS) is 32.9. The summed E-state index contributed by atoms with van der Waals surface area (Å²) < 4.78 is 5.56. The number of rotatable bonds is 3. The van der Waals surface area contributed by atoms with Crippen molar-refractivity contribution in [2.24, 2.45) is 34.2 Å². The molecule has 1 saturated heterocycles. The Labute approximate surface area is 158 Å². The van der Waals surface area contributed by atoms with Crippen LogP contribution in [0.5, 0.6) is 11.5 Å². The van der Waals surface area contributed by atoms with Gasteiger partial charge in [-0.15, -0.1) is 0 Å². The molecule has 7 heteroatoms. The van der Waals surface area contributed by atoms with Gasteiger partial charge in [-0.25, -0.2) is 0 Å². The molecule has 5 rings (SSSR count). The largest absolute Gasteiger partial charge is 0.503 e. The standard InChI is InChI=1S/C19H17BrN2O4/c1-26-13-7-9(6-12(20)16(13)23)8-21-22-17(24)14-10-2-3-11(15(14)18(22)25)19(10)4-5-19/h2-3,6-8,10-11,14-15,23H,4-5H2,1H3/b21-8-/t10-,11-,14-,15+/m0/s1. The summed E-state index contributed by atoms with van der Waals surface area (Å²) in [7, 11) is 1.45. The number of amides is 2. The summed E-state index contributed by atoms with van der Waals surface area (Å²) in [5.41, 5.74) is 0.801. The van der Waals surface area contributed by atoms with Crippen molar-refractivity contribution < 1.29 is 19.4 Å². The zero-order valence-corrected chi connectivity index (χ0v) is 15.6. The van der Waals surface area contributed by atoms with Crippen molar-refractivity contribution in [1.29, 1.82) is 0 Å². The van der Waals surface area contributed by atoms with Gasteiger partial charge in [-0.05, 0) is 63.7 Å². The van der Waals surface area contributed by atoms with Crippen LogP contribution in [0, 0.1) is 29.1 Å². The summed E-state index contributed by atoms with van der Waals surface area (Å²) in [5.74, 6) is -0.224. The number of fused-ring (bicyclic) bond motifs is 3. The highest BCUT2D eigenvalue weighted by molar-refractivity contribution is 9.10. The number of allylic oxidation sites excluding steroid dienone is 2.